The fraction of sp³-hybridized carbons (Fsp3) is 0.786. The van der Waals surface area contributed by atoms with Crippen LogP contribution in [0.5, 0.6) is 0 Å². The molecule has 2 nitrogen and oxygen atoms in total. The zero-order valence-electron chi connectivity index (χ0n) is 10.6. The van der Waals surface area contributed by atoms with E-state index in [0.717, 1.165) is 55.6 Å². The van der Waals surface area contributed by atoms with E-state index in [9.17, 15) is 4.79 Å². The quantitative estimate of drug-likeness (QED) is 0.555. The molecule has 1 aliphatic heterocycles. The van der Waals surface area contributed by atoms with Gasteiger partial charge in [-0.15, -0.1) is 0 Å². The molecule has 0 bridgehead atoms. The van der Waals surface area contributed by atoms with Crippen molar-refractivity contribution in [3.05, 3.63) is 10.6 Å². The Kier molecular flexibility index (Phi) is 4.13. The van der Waals surface area contributed by atoms with Crippen LogP contribution in [0.25, 0.3) is 0 Å². The molecule has 1 saturated heterocycles. The van der Waals surface area contributed by atoms with Gasteiger partial charge in [0.25, 0.3) is 0 Å². The number of allylic oxidation sites excluding steroid dienone is 1. The number of ether oxygens (including phenoxy) is 1. The number of rotatable bonds is 3. The molecular weight excluding hydrogens is 236 g/mol. The zero-order valence-corrected chi connectivity index (χ0v) is 11.3. The molecule has 1 aliphatic carbocycles. The SMILES string of the molecule is CCCC/C(Cl)=C1/C(=O)OC12CCCCCC2. The van der Waals surface area contributed by atoms with Crippen molar-refractivity contribution in [2.75, 3.05) is 0 Å². The minimum Gasteiger partial charge on any atom is -0.450 e. The van der Waals surface area contributed by atoms with Crippen molar-refractivity contribution in [1.82, 2.24) is 0 Å². The summed E-state index contributed by atoms with van der Waals surface area (Å²) in [4.78, 5) is 11.7. The van der Waals surface area contributed by atoms with Crippen LogP contribution in [0.15, 0.2) is 10.6 Å². The van der Waals surface area contributed by atoms with E-state index in [-0.39, 0.29) is 11.6 Å². The monoisotopic (exact) mass is 256 g/mol. The highest BCUT2D eigenvalue weighted by Gasteiger charge is 2.52. The van der Waals surface area contributed by atoms with Gasteiger partial charge in [-0.05, 0) is 38.5 Å². The van der Waals surface area contributed by atoms with E-state index < -0.39 is 0 Å². The summed E-state index contributed by atoms with van der Waals surface area (Å²) in [6, 6.07) is 0. The molecule has 0 aromatic heterocycles. The molecule has 0 atom stereocenters. The van der Waals surface area contributed by atoms with Crippen LogP contribution in [0.1, 0.15) is 64.7 Å². The topological polar surface area (TPSA) is 26.3 Å². The third-order valence-corrected chi connectivity index (χ3v) is 4.26. The average molecular weight is 257 g/mol. The van der Waals surface area contributed by atoms with Crippen LogP contribution in [0, 0.1) is 0 Å². The number of hydrogen-bond acceptors (Lipinski definition) is 2. The first-order chi connectivity index (χ1) is 8.19. The van der Waals surface area contributed by atoms with Crippen molar-refractivity contribution in [3.63, 3.8) is 0 Å². The molecule has 0 radical (unpaired) electrons. The summed E-state index contributed by atoms with van der Waals surface area (Å²) < 4.78 is 5.48. The van der Waals surface area contributed by atoms with Gasteiger partial charge in [0.15, 0.2) is 0 Å². The smallest absolute Gasteiger partial charge is 0.340 e. The number of hydrogen-bond donors (Lipinski definition) is 0. The Bertz CT molecular complexity index is 325. The van der Waals surface area contributed by atoms with Gasteiger partial charge in [-0.25, -0.2) is 4.79 Å². The molecule has 2 fully saturated rings. The van der Waals surface area contributed by atoms with E-state index in [0.29, 0.717) is 0 Å². The van der Waals surface area contributed by atoms with E-state index in [1.165, 1.54) is 12.8 Å². The van der Waals surface area contributed by atoms with Crippen molar-refractivity contribution in [2.24, 2.45) is 0 Å². The van der Waals surface area contributed by atoms with Crippen LogP contribution in [-0.2, 0) is 9.53 Å². The van der Waals surface area contributed by atoms with Crippen LogP contribution < -0.4 is 0 Å². The van der Waals surface area contributed by atoms with Crippen LogP contribution in [-0.4, -0.2) is 11.6 Å². The minimum atomic E-state index is -0.307. The van der Waals surface area contributed by atoms with Crippen molar-refractivity contribution in [3.8, 4) is 0 Å². The molecule has 96 valence electrons. The number of carbonyl (C=O) groups is 1. The molecule has 1 spiro atoms. The van der Waals surface area contributed by atoms with E-state index in [1.807, 2.05) is 0 Å². The Labute approximate surface area is 108 Å². The lowest BCUT2D eigenvalue weighted by molar-refractivity contribution is -0.173. The maximum absolute atomic E-state index is 11.7. The van der Waals surface area contributed by atoms with Gasteiger partial charge in [0.1, 0.15) is 5.60 Å². The van der Waals surface area contributed by atoms with Gasteiger partial charge in [-0.3, -0.25) is 0 Å². The highest BCUT2D eigenvalue weighted by atomic mass is 35.5. The summed E-state index contributed by atoms with van der Waals surface area (Å²) in [6.45, 7) is 2.13. The Morgan fingerprint density at radius 2 is 1.94 bits per heavy atom. The summed E-state index contributed by atoms with van der Waals surface area (Å²) in [6.07, 6.45) is 9.70. The third kappa shape index (κ3) is 2.52. The second-order valence-electron chi connectivity index (χ2n) is 5.18. The predicted octanol–water partition coefficient (Wildman–Crippen LogP) is 4.32. The number of halogens is 1. The van der Waals surface area contributed by atoms with Crippen molar-refractivity contribution >= 4 is 17.6 Å². The minimum absolute atomic E-state index is 0.173. The maximum Gasteiger partial charge on any atom is 0.340 e. The fourth-order valence-corrected chi connectivity index (χ4v) is 3.27. The number of esters is 1. The first kappa shape index (κ1) is 12.9. The first-order valence-corrected chi connectivity index (χ1v) is 7.20. The van der Waals surface area contributed by atoms with Gasteiger partial charge in [-0.1, -0.05) is 37.8 Å². The second kappa shape index (κ2) is 5.43. The Morgan fingerprint density at radius 1 is 1.29 bits per heavy atom. The first-order valence-electron chi connectivity index (χ1n) is 6.82. The van der Waals surface area contributed by atoms with Gasteiger partial charge in [-0.2, -0.15) is 0 Å². The van der Waals surface area contributed by atoms with E-state index in [2.05, 4.69) is 6.92 Å². The summed E-state index contributed by atoms with van der Waals surface area (Å²) in [5, 5.41) is 0.755. The largest absolute Gasteiger partial charge is 0.450 e. The molecule has 3 heteroatoms. The lowest BCUT2D eigenvalue weighted by atomic mass is 9.80. The summed E-state index contributed by atoms with van der Waals surface area (Å²) in [5.41, 5.74) is 0.493. The molecule has 0 unspecified atom stereocenters. The zero-order chi connectivity index (χ0) is 12.3. The Hall–Kier alpha value is -0.500. The molecule has 1 heterocycles. The summed E-state index contributed by atoms with van der Waals surface area (Å²) in [7, 11) is 0. The molecule has 0 aromatic carbocycles. The van der Waals surface area contributed by atoms with Crippen molar-refractivity contribution < 1.29 is 9.53 Å². The third-order valence-electron chi connectivity index (χ3n) is 3.88. The van der Waals surface area contributed by atoms with Gasteiger partial charge < -0.3 is 4.74 Å². The lowest BCUT2D eigenvalue weighted by Crippen LogP contribution is -2.50. The van der Waals surface area contributed by atoms with Crippen LogP contribution >= 0.6 is 11.6 Å². The lowest BCUT2D eigenvalue weighted by Gasteiger charge is -2.43. The average Bonchev–Trinajstić information content (AvgIpc) is 2.53. The standard InChI is InChI=1S/C14H21ClO2/c1-2-3-8-11(15)12-13(16)17-14(12)9-6-4-5-7-10-14/h2-10H2,1H3/b12-11+. The Morgan fingerprint density at radius 3 is 2.47 bits per heavy atom. The number of unbranched alkanes of at least 4 members (excludes halogenated alkanes) is 1. The van der Waals surface area contributed by atoms with E-state index in [1.54, 1.807) is 0 Å². The molecular formula is C14H21ClO2. The van der Waals surface area contributed by atoms with Crippen LogP contribution in [0.2, 0.25) is 0 Å². The highest BCUT2D eigenvalue weighted by molar-refractivity contribution is 6.32. The maximum atomic E-state index is 11.7. The van der Waals surface area contributed by atoms with E-state index >= 15 is 0 Å². The molecule has 0 amide bonds. The highest BCUT2D eigenvalue weighted by Crippen LogP contribution is 2.47. The normalized spacial score (nSPS) is 26.1. The molecule has 0 N–H and O–H groups in total. The summed E-state index contributed by atoms with van der Waals surface area (Å²) >= 11 is 6.31. The predicted molar refractivity (Wildman–Crippen MR) is 68.9 cm³/mol. The van der Waals surface area contributed by atoms with Crippen molar-refractivity contribution in [2.45, 2.75) is 70.3 Å². The van der Waals surface area contributed by atoms with Crippen LogP contribution in [0.4, 0.5) is 0 Å². The second-order valence-corrected chi connectivity index (χ2v) is 5.64. The Balaban J connectivity index is 2.15. The summed E-state index contributed by atoms with van der Waals surface area (Å²) in [5.74, 6) is -0.173. The molecule has 0 aromatic rings. The van der Waals surface area contributed by atoms with Crippen LogP contribution in [0.3, 0.4) is 0 Å². The van der Waals surface area contributed by atoms with Gasteiger partial charge in [0, 0.05) is 5.03 Å². The van der Waals surface area contributed by atoms with Gasteiger partial charge in [0.05, 0.1) is 5.57 Å². The number of carbonyl (C=O) groups excluding carboxylic acids is 1. The fourth-order valence-electron chi connectivity index (χ4n) is 2.89. The van der Waals surface area contributed by atoms with Gasteiger partial charge in [0.2, 0.25) is 0 Å². The van der Waals surface area contributed by atoms with Gasteiger partial charge >= 0.3 is 5.97 Å². The van der Waals surface area contributed by atoms with E-state index in [4.69, 9.17) is 16.3 Å². The molecule has 2 aliphatic rings. The molecule has 2 rings (SSSR count). The van der Waals surface area contributed by atoms with Crippen molar-refractivity contribution in [1.29, 1.82) is 0 Å². The molecule has 1 saturated carbocycles. The molecule has 17 heavy (non-hydrogen) atoms.